The molecule has 1 aliphatic carbocycles. The molecule has 5 heteroatoms. The standard InChI is InChI=1S/C18H29NO3S/c1-19(11-9-18(20)21)10-3-12-22-16-7-5-15(6-8-16)14-17-4-2-13-23-17/h2,4,13,15-16H,3,5-12,14H2,1H3,(H,20,21). The lowest BCUT2D eigenvalue weighted by atomic mass is 9.85. The third-order valence-electron chi connectivity index (χ3n) is 4.61. The van der Waals surface area contributed by atoms with Crippen LogP contribution in [-0.2, 0) is 16.0 Å². The van der Waals surface area contributed by atoms with Gasteiger partial charge in [-0.2, -0.15) is 0 Å². The summed E-state index contributed by atoms with van der Waals surface area (Å²) in [6, 6.07) is 4.39. The Morgan fingerprint density at radius 1 is 1.35 bits per heavy atom. The van der Waals surface area contributed by atoms with Crippen molar-refractivity contribution in [2.24, 2.45) is 5.92 Å². The van der Waals surface area contributed by atoms with E-state index in [2.05, 4.69) is 22.4 Å². The largest absolute Gasteiger partial charge is 0.481 e. The van der Waals surface area contributed by atoms with Crippen LogP contribution in [0, 0.1) is 5.92 Å². The number of nitrogens with zero attached hydrogens (tertiary/aromatic N) is 1. The Bertz CT molecular complexity index is 441. The average Bonchev–Trinajstić information content (AvgIpc) is 3.04. The van der Waals surface area contributed by atoms with Crippen LogP contribution in [-0.4, -0.2) is 48.8 Å². The highest BCUT2D eigenvalue weighted by molar-refractivity contribution is 7.09. The van der Waals surface area contributed by atoms with Crippen molar-refractivity contribution < 1.29 is 14.6 Å². The molecule has 0 unspecified atom stereocenters. The van der Waals surface area contributed by atoms with Crippen molar-refractivity contribution in [1.29, 1.82) is 0 Å². The monoisotopic (exact) mass is 339 g/mol. The Labute approximate surface area is 143 Å². The fourth-order valence-corrected chi connectivity index (χ4v) is 4.02. The van der Waals surface area contributed by atoms with E-state index in [0.717, 1.165) is 25.5 Å². The first-order valence-corrected chi connectivity index (χ1v) is 9.55. The van der Waals surface area contributed by atoms with E-state index in [1.165, 1.54) is 37.0 Å². The molecule has 2 rings (SSSR count). The molecule has 0 amide bonds. The summed E-state index contributed by atoms with van der Waals surface area (Å²) < 4.78 is 6.00. The lowest BCUT2D eigenvalue weighted by Crippen LogP contribution is -2.26. The molecule has 1 saturated carbocycles. The molecule has 1 N–H and O–H groups in total. The Morgan fingerprint density at radius 3 is 2.78 bits per heavy atom. The summed E-state index contributed by atoms with van der Waals surface area (Å²) >= 11 is 1.87. The van der Waals surface area contributed by atoms with Gasteiger partial charge in [0.25, 0.3) is 0 Å². The highest BCUT2D eigenvalue weighted by Gasteiger charge is 2.21. The maximum Gasteiger partial charge on any atom is 0.304 e. The van der Waals surface area contributed by atoms with Gasteiger partial charge in [0.2, 0.25) is 0 Å². The highest BCUT2D eigenvalue weighted by Crippen LogP contribution is 2.30. The molecule has 1 aromatic rings. The zero-order chi connectivity index (χ0) is 16.5. The van der Waals surface area contributed by atoms with Gasteiger partial charge in [-0.3, -0.25) is 4.79 Å². The molecule has 0 aliphatic heterocycles. The van der Waals surface area contributed by atoms with Crippen molar-refractivity contribution in [2.75, 3.05) is 26.7 Å². The van der Waals surface area contributed by atoms with E-state index >= 15 is 0 Å². The Kier molecular flexibility index (Phi) is 8.06. The second-order valence-corrected chi connectivity index (χ2v) is 7.63. The van der Waals surface area contributed by atoms with Gasteiger partial charge in [0, 0.05) is 24.6 Å². The number of aliphatic carboxylic acids is 1. The molecule has 4 nitrogen and oxygen atoms in total. The molecule has 1 aromatic heterocycles. The molecule has 0 spiro atoms. The minimum absolute atomic E-state index is 0.214. The van der Waals surface area contributed by atoms with Gasteiger partial charge in [0.15, 0.2) is 0 Å². The van der Waals surface area contributed by atoms with Crippen molar-refractivity contribution in [3.8, 4) is 0 Å². The van der Waals surface area contributed by atoms with Crippen LogP contribution in [0.5, 0.6) is 0 Å². The second-order valence-electron chi connectivity index (χ2n) is 6.60. The van der Waals surface area contributed by atoms with Crippen LogP contribution in [0.3, 0.4) is 0 Å². The number of thiophene rings is 1. The number of carboxylic acid groups (broad SMARTS) is 1. The summed E-state index contributed by atoms with van der Waals surface area (Å²) in [7, 11) is 1.97. The molecule has 1 heterocycles. The van der Waals surface area contributed by atoms with E-state index in [0.29, 0.717) is 12.6 Å². The fraction of sp³-hybridized carbons (Fsp3) is 0.722. The van der Waals surface area contributed by atoms with Crippen LogP contribution >= 0.6 is 11.3 Å². The predicted octanol–water partition coefficient (Wildman–Crippen LogP) is 3.66. The lowest BCUT2D eigenvalue weighted by molar-refractivity contribution is -0.137. The number of hydrogen-bond donors (Lipinski definition) is 1. The quantitative estimate of drug-likeness (QED) is 0.661. The van der Waals surface area contributed by atoms with E-state index in [4.69, 9.17) is 9.84 Å². The van der Waals surface area contributed by atoms with E-state index < -0.39 is 5.97 Å². The predicted molar refractivity (Wildman–Crippen MR) is 94.1 cm³/mol. The van der Waals surface area contributed by atoms with Crippen molar-refractivity contribution in [1.82, 2.24) is 4.90 Å². The van der Waals surface area contributed by atoms with Crippen LogP contribution < -0.4 is 0 Å². The highest BCUT2D eigenvalue weighted by atomic mass is 32.1. The number of ether oxygens (including phenoxy) is 1. The van der Waals surface area contributed by atoms with Crippen LogP contribution in [0.1, 0.15) is 43.4 Å². The minimum atomic E-state index is -0.729. The van der Waals surface area contributed by atoms with Crippen LogP contribution in [0.2, 0.25) is 0 Å². The Hall–Kier alpha value is -0.910. The van der Waals surface area contributed by atoms with Crippen LogP contribution in [0.15, 0.2) is 17.5 Å². The Balaban J connectivity index is 1.50. The molecule has 0 aromatic carbocycles. The van der Waals surface area contributed by atoms with Gasteiger partial charge in [0.1, 0.15) is 0 Å². The zero-order valence-electron chi connectivity index (χ0n) is 14.1. The molecule has 1 aliphatic rings. The van der Waals surface area contributed by atoms with E-state index in [-0.39, 0.29) is 6.42 Å². The third kappa shape index (κ3) is 7.46. The van der Waals surface area contributed by atoms with Gasteiger partial charge in [-0.15, -0.1) is 11.3 Å². The average molecular weight is 340 g/mol. The van der Waals surface area contributed by atoms with Crippen molar-refractivity contribution in [3.05, 3.63) is 22.4 Å². The second kappa shape index (κ2) is 10.1. The first-order valence-electron chi connectivity index (χ1n) is 8.68. The molecule has 130 valence electrons. The first-order chi connectivity index (χ1) is 11.1. The van der Waals surface area contributed by atoms with Gasteiger partial charge in [-0.05, 0) is 62.9 Å². The maximum absolute atomic E-state index is 10.5. The van der Waals surface area contributed by atoms with Crippen LogP contribution in [0.25, 0.3) is 0 Å². The fourth-order valence-electron chi connectivity index (χ4n) is 3.20. The van der Waals surface area contributed by atoms with E-state index in [1.807, 2.05) is 18.4 Å². The summed E-state index contributed by atoms with van der Waals surface area (Å²) in [5, 5.41) is 10.8. The molecule has 1 fully saturated rings. The summed E-state index contributed by atoms with van der Waals surface area (Å²) in [6.07, 6.45) is 7.78. The van der Waals surface area contributed by atoms with Gasteiger partial charge >= 0.3 is 5.97 Å². The molecule has 23 heavy (non-hydrogen) atoms. The number of carboxylic acids is 1. The summed E-state index contributed by atoms with van der Waals surface area (Å²) in [5.41, 5.74) is 0. The van der Waals surface area contributed by atoms with Gasteiger partial charge in [0.05, 0.1) is 12.5 Å². The van der Waals surface area contributed by atoms with Crippen molar-refractivity contribution in [2.45, 2.75) is 51.0 Å². The van der Waals surface area contributed by atoms with Crippen molar-refractivity contribution >= 4 is 17.3 Å². The smallest absolute Gasteiger partial charge is 0.304 e. The molecule has 0 radical (unpaired) electrons. The number of hydrogen-bond acceptors (Lipinski definition) is 4. The first kappa shape index (κ1) is 18.4. The minimum Gasteiger partial charge on any atom is -0.481 e. The third-order valence-corrected chi connectivity index (χ3v) is 5.51. The molecular formula is C18H29NO3S. The van der Waals surface area contributed by atoms with Crippen molar-refractivity contribution in [3.63, 3.8) is 0 Å². The van der Waals surface area contributed by atoms with Gasteiger partial charge < -0.3 is 14.7 Å². The van der Waals surface area contributed by atoms with E-state index in [1.54, 1.807) is 0 Å². The summed E-state index contributed by atoms with van der Waals surface area (Å²) in [6.45, 7) is 2.31. The topological polar surface area (TPSA) is 49.8 Å². The summed E-state index contributed by atoms with van der Waals surface area (Å²) in [5.74, 6) is 0.100. The van der Waals surface area contributed by atoms with Gasteiger partial charge in [-0.1, -0.05) is 6.07 Å². The molecule has 0 bridgehead atoms. The van der Waals surface area contributed by atoms with Crippen LogP contribution in [0.4, 0.5) is 0 Å². The zero-order valence-corrected chi connectivity index (χ0v) is 14.9. The summed E-state index contributed by atoms with van der Waals surface area (Å²) in [4.78, 5) is 14.1. The Morgan fingerprint density at radius 2 is 2.13 bits per heavy atom. The molecule has 0 atom stereocenters. The lowest BCUT2D eigenvalue weighted by Gasteiger charge is -2.28. The number of carbonyl (C=O) groups is 1. The maximum atomic E-state index is 10.5. The molecular weight excluding hydrogens is 310 g/mol. The SMILES string of the molecule is CN(CCCOC1CCC(Cc2cccs2)CC1)CCC(=O)O. The van der Waals surface area contributed by atoms with Gasteiger partial charge in [-0.25, -0.2) is 0 Å². The van der Waals surface area contributed by atoms with E-state index in [9.17, 15) is 4.79 Å². The molecule has 0 saturated heterocycles. The number of rotatable bonds is 10. The normalized spacial score (nSPS) is 21.7.